The zero-order valence-electron chi connectivity index (χ0n) is 16.4. The zero-order chi connectivity index (χ0) is 23.0. The number of anilines is 1. The van der Waals surface area contributed by atoms with Crippen LogP contribution in [0.5, 0.6) is 5.75 Å². The summed E-state index contributed by atoms with van der Waals surface area (Å²) in [5.74, 6) is -4.33. The molecule has 0 aliphatic carbocycles. The number of alkyl halides is 4. The third-order valence-electron chi connectivity index (χ3n) is 4.90. The fourth-order valence-electron chi connectivity index (χ4n) is 3.32. The SMILES string of the molecule is COc1c(F)cc(F)cc1C(Nc1cccc2nc(C)ccc12)C(O)(CCl)C(F)(F)F. The molecular weight excluding hydrogens is 443 g/mol. The van der Waals surface area contributed by atoms with E-state index in [4.69, 9.17) is 16.3 Å². The molecule has 0 aliphatic rings. The van der Waals surface area contributed by atoms with Gasteiger partial charge in [0.05, 0.1) is 24.5 Å². The molecule has 2 N–H and O–H groups in total. The molecule has 1 heterocycles. The van der Waals surface area contributed by atoms with Gasteiger partial charge in [-0.2, -0.15) is 13.2 Å². The summed E-state index contributed by atoms with van der Waals surface area (Å²) in [6, 6.07) is 6.97. The van der Waals surface area contributed by atoms with Crippen LogP contribution >= 0.6 is 11.6 Å². The van der Waals surface area contributed by atoms with Crippen LogP contribution in [0.2, 0.25) is 0 Å². The van der Waals surface area contributed by atoms with Gasteiger partial charge >= 0.3 is 6.18 Å². The molecular formula is C21H18ClF5N2O2. The Bertz CT molecular complexity index is 1110. The lowest BCUT2D eigenvalue weighted by molar-refractivity contribution is -0.257. The number of benzene rings is 2. The molecule has 0 fully saturated rings. The summed E-state index contributed by atoms with van der Waals surface area (Å²) >= 11 is 5.57. The van der Waals surface area contributed by atoms with E-state index in [9.17, 15) is 27.1 Å². The molecule has 0 saturated heterocycles. The topological polar surface area (TPSA) is 54.4 Å². The zero-order valence-corrected chi connectivity index (χ0v) is 17.2. The highest BCUT2D eigenvalue weighted by atomic mass is 35.5. The molecule has 10 heteroatoms. The Hall–Kier alpha value is -2.65. The minimum Gasteiger partial charge on any atom is -0.493 e. The van der Waals surface area contributed by atoms with Crippen LogP contribution in [0.1, 0.15) is 17.3 Å². The van der Waals surface area contributed by atoms with Crippen molar-refractivity contribution in [2.75, 3.05) is 18.3 Å². The van der Waals surface area contributed by atoms with Crippen molar-refractivity contribution in [3.8, 4) is 5.75 Å². The number of aromatic nitrogens is 1. The first-order valence-corrected chi connectivity index (χ1v) is 9.56. The van der Waals surface area contributed by atoms with Crippen LogP contribution in [-0.2, 0) is 0 Å². The van der Waals surface area contributed by atoms with E-state index in [2.05, 4.69) is 10.3 Å². The number of rotatable bonds is 6. The first-order chi connectivity index (χ1) is 14.5. The molecule has 0 saturated carbocycles. The minimum atomic E-state index is -5.25. The predicted octanol–water partition coefficient (Wildman–Crippen LogP) is 5.52. The van der Waals surface area contributed by atoms with Gasteiger partial charge in [-0.3, -0.25) is 4.98 Å². The molecule has 2 atom stereocenters. The molecule has 0 aliphatic heterocycles. The van der Waals surface area contributed by atoms with E-state index >= 15 is 0 Å². The van der Waals surface area contributed by atoms with Crippen LogP contribution < -0.4 is 10.1 Å². The molecule has 4 nitrogen and oxygen atoms in total. The molecule has 0 amide bonds. The smallest absolute Gasteiger partial charge is 0.420 e. The Balaban J connectivity index is 2.27. The Kier molecular flexibility index (Phi) is 6.29. The Morgan fingerprint density at radius 3 is 2.48 bits per heavy atom. The number of fused-ring (bicyclic) bond motifs is 1. The van der Waals surface area contributed by atoms with Gasteiger partial charge in [-0.05, 0) is 37.3 Å². The summed E-state index contributed by atoms with van der Waals surface area (Å²) in [6.07, 6.45) is -5.25. The number of ether oxygens (including phenoxy) is 1. The van der Waals surface area contributed by atoms with Crippen molar-refractivity contribution in [3.63, 3.8) is 0 Å². The Labute approximate surface area is 179 Å². The summed E-state index contributed by atoms with van der Waals surface area (Å²) in [5, 5.41) is 13.6. The van der Waals surface area contributed by atoms with E-state index in [1.54, 1.807) is 31.2 Å². The van der Waals surface area contributed by atoms with Gasteiger partial charge in [0.1, 0.15) is 5.82 Å². The number of methoxy groups -OCH3 is 1. The lowest BCUT2D eigenvalue weighted by Crippen LogP contribution is -2.54. The maximum Gasteiger partial charge on any atom is 0.420 e. The Morgan fingerprint density at radius 2 is 1.87 bits per heavy atom. The molecule has 3 aromatic rings. The monoisotopic (exact) mass is 460 g/mol. The summed E-state index contributed by atoms with van der Waals surface area (Å²) in [4.78, 5) is 4.31. The lowest BCUT2D eigenvalue weighted by Gasteiger charge is -2.38. The molecule has 166 valence electrons. The molecule has 2 unspecified atom stereocenters. The van der Waals surface area contributed by atoms with Crippen molar-refractivity contribution in [2.24, 2.45) is 0 Å². The second-order valence-electron chi connectivity index (χ2n) is 6.97. The summed E-state index contributed by atoms with van der Waals surface area (Å²) in [5.41, 5.74) is -2.88. The normalized spacial score (nSPS) is 14.9. The highest BCUT2D eigenvalue weighted by molar-refractivity contribution is 6.18. The van der Waals surface area contributed by atoms with E-state index in [1.807, 2.05) is 0 Å². The number of aliphatic hydroxyl groups is 1. The number of aryl methyl sites for hydroxylation is 1. The summed E-state index contributed by atoms with van der Waals surface area (Å²) in [7, 11) is 1.02. The maximum atomic E-state index is 14.3. The quantitative estimate of drug-likeness (QED) is 0.376. The van der Waals surface area contributed by atoms with E-state index in [0.717, 1.165) is 7.11 Å². The molecule has 31 heavy (non-hydrogen) atoms. The van der Waals surface area contributed by atoms with Gasteiger partial charge in [-0.25, -0.2) is 8.78 Å². The van der Waals surface area contributed by atoms with Gasteiger partial charge in [-0.1, -0.05) is 6.07 Å². The summed E-state index contributed by atoms with van der Waals surface area (Å²) < 4.78 is 75.0. The molecule has 3 rings (SSSR count). The van der Waals surface area contributed by atoms with Crippen LogP contribution in [0.25, 0.3) is 10.9 Å². The van der Waals surface area contributed by atoms with E-state index in [1.165, 1.54) is 6.07 Å². The number of pyridine rings is 1. The number of nitrogens with zero attached hydrogens (tertiary/aromatic N) is 1. The van der Waals surface area contributed by atoms with Crippen molar-refractivity contribution >= 4 is 28.2 Å². The van der Waals surface area contributed by atoms with Gasteiger partial charge in [-0.15, -0.1) is 11.6 Å². The number of halogens is 6. The van der Waals surface area contributed by atoms with Crippen LogP contribution in [0.15, 0.2) is 42.5 Å². The van der Waals surface area contributed by atoms with E-state index < -0.39 is 46.6 Å². The van der Waals surface area contributed by atoms with Crippen LogP contribution in [0, 0.1) is 18.6 Å². The third kappa shape index (κ3) is 4.24. The Morgan fingerprint density at radius 1 is 1.16 bits per heavy atom. The van der Waals surface area contributed by atoms with Gasteiger partial charge in [0, 0.05) is 28.4 Å². The molecule has 2 aromatic carbocycles. The standard InChI is InChI=1S/C21H18ClF5N2O2/c1-11-6-7-13-16(28-11)4-3-5-17(13)29-19(20(30,10-22)21(25,26)27)14-8-12(23)9-15(24)18(14)31-2/h3-9,19,29-30H,10H2,1-2H3. The third-order valence-corrected chi connectivity index (χ3v) is 5.30. The number of hydrogen-bond acceptors (Lipinski definition) is 4. The average Bonchev–Trinajstić information content (AvgIpc) is 2.69. The van der Waals surface area contributed by atoms with Crippen molar-refractivity contribution < 1.29 is 31.8 Å². The van der Waals surface area contributed by atoms with Crippen molar-refractivity contribution in [1.82, 2.24) is 4.98 Å². The fraction of sp³-hybridized carbons (Fsp3) is 0.286. The summed E-state index contributed by atoms with van der Waals surface area (Å²) in [6.45, 7) is 1.75. The molecule has 1 aromatic heterocycles. The van der Waals surface area contributed by atoms with Crippen LogP contribution in [0.4, 0.5) is 27.6 Å². The lowest BCUT2D eigenvalue weighted by atomic mass is 9.87. The van der Waals surface area contributed by atoms with Gasteiger partial charge in [0.15, 0.2) is 17.2 Å². The van der Waals surface area contributed by atoms with Gasteiger partial charge in [0.25, 0.3) is 0 Å². The van der Waals surface area contributed by atoms with Crippen molar-refractivity contribution in [2.45, 2.75) is 24.7 Å². The average molecular weight is 461 g/mol. The van der Waals surface area contributed by atoms with E-state index in [0.29, 0.717) is 28.7 Å². The number of nitrogens with one attached hydrogen (secondary N) is 1. The highest BCUT2D eigenvalue weighted by Crippen LogP contribution is 2.46. The maximum absolute atomic E-state index is 14.3. The predicted molar refractivity (Wildman–Crippen MR) is 107 cm³/mol. The van der Waals surface area contributed by atoms with Gasteiger partial charge < -0.3 is 15.2 Å². The first kappa shape index (κ1) is 23.0. The molecule has 0 spiro atoms. The largest absolute Gasteiger partial charge is 0.493 e. The van der Waals surface area contributed by atoms with Crippen LogP contribution in [-0.4, -0.2) is 34.9 Å². The van der Waals surface area contributed by atoms with Crippen LogP contribution in [0.3, 0.4) is 0 Å². The fourth-order valence-corrected chi connectivity index (χ4v) is 3.63. The van der Waals surface area contributed by atoms with Gasteiger partial charge in [0.2, 0.25) is 0 Å². The van der Waals surface area contributed by atoms with Crippen molar-refractivity contribution in [1.29, 1.82) is 0 Å². The van der Waals surface area contributed by atoms with E-state index in [-0.39, 0.29) is 5.69 Å². The highest BCUT2D eigenvalue weighted by Gasteiger charge is 2.59. The van der Waals surface area contributed by atoms with Crippen molar-refractivity contribution in [3.05, 3.63) is 65.4 Å². The minimum absolute atomic E-state index is 0.148. The first-order valence-electron chi connectivity index (χ1n) is 9.02. The second kappa shape index (κ2) is 8.47. The molecule has 0 radical (unpaired) electrons. The second-order valence-corrected chi connectivity index (χ2v) is 7.24. The number of hydrogen-bond donors (Lipinski definition) is 2. The molecule has 0 bridgehead atoms.